The fourth-order valence-corrected chi connectivity index (χ4v) is 3.01. The first-order valence-electron chi connectivity index (χ1n) is 7.38. The first kappa shape index (κ1) is 13.8. The minimum Gasteiger partial charge on any atom is -0.497 e. The summed E-state index contributed by atoms with van der Waals surface area (Å²) in [6, 6.07) is 14.8. The molecule has 0 saturated heterocycles. The number of fused-ring (bicyclic) bond motifs is 1. The van der Waals surface area contributed by atoms with Gasteiger partial charge in [-0.2, -0.15) is 0 Å². The maximum atomic E-state index is 5.43. The molecule has 0 aliphatic heterocycles. The molecule has 3 heteroatoms. The SMILES string of the molecule is COc1ccc2c(c1)C(Nc1ccccc1OC)CCC2. The van der Waals surface area contributed by atoms with Crippen molar-refractivity contribution in [3.05, 3.63) is 53.6 Å². The van der Waals surface area contributed by atoms with Gasteiger partial charge in [0.05, 0.1) is 25.9 Å². The second kappa shape index (κ2) is 6.08. The van der Waals surface area contributed by atoms with Crippen molar-refractivity contribution >= 4 is 5.69 Å². The highest BCUT2D eigenvalue weighted by Gasteiger charge is 2.21. The van der Waals surface area contributed by atoms with Gasteiger partial charge in [0.2, 0.25) is 0 Å². The predicted octanol–water partition coefficient (Wildman–Crippen LogP) is 4.19. The van der Waals surface area contributed by atoms with Crippen LogP contribution in [0.25, 0.3) is 0 Å². The number of aryl methyl sites for hydroxylation is 1. The van der Waals surface area contributed by atoms with Gasteiger partial charge in [0, 0.05) is 0 Å². The molecule has 1 N–H and O–H groups in total. The Morgan fingerprint density at radius 2 is 1.90 bits per heavy atom. The van der Waals surface area contributed by atoms with Crippen molar-refractivity contribution in [2.75, 3.05) is 19.5 Å². The molecule has 3 nitrogen and oxygen atoms in total. The average molecular weight is 283 g/mol. The molecule has 0 heterocycles. The number of methoxy groups -OCH3 is 2. The molecule has 0 aromatic heterocycles. The summed E-state index contributed by atoms with van der Waals surface area (Å²) in [4.78, 5) is 0. The molecule has 110 valence electrons. The van der Waals surface area contributed by atoms with Crippen molar-refractivity contribution < 1.29 is 9.47 Å². The third kappa shape index (κ3) is 2.82. The Balaban J connectivity index is 1.91. The van der Waals surface area contributed by atoms with Gasteiger partial charge in [-0.1, -0.05) is 18.2 Å². The van der Waals surface area contributed by atoms with E-state index in [0.29, 0.717) is 6.04 Å². The molecule has 2 aromatic rings. The maximum Gasteiger partial charge on any atom is 0.141 e. The zero-order chi connectivity index (χ0) is 14.7. The molecule has 3 rings (SSSR count). The summed E-state index contributed by atoms with van der Waals surface area (Å²) in [5.74, 6) is 1.80. The Bertz CT molecular complexity index is 624. The van der Waals surface area contributed by atoms with Crippen LogP contribution in [-0.4, -0.2) is 14.2 Å². The fourth-order valence-electron chi connectivity index (χ4n) is 3.01. The third-order valence-corrected chi connectivity index (χ3v) is 4.10. The van der Waals surface area contributed by atoms with Gasteiger partial charge < -0.3 is 14.8 Å². The van der Waals surface area contributed by atoms with Gasteiger partial charge >= 0.3 is 0 Å². The Morgan fingerprint density at radius 3 is 2.71 bits per heavy atom. The Hall–Kier alpha value is -2.16. The lowest BCUT2D eigenvalue weighted by Gasteiger charge is -2.28. The summed E-state index contributed by atoms with van der Waals surface area (Å²) in [6.45, 7) is 0. The van der Waals surface area contributed by atoms with E-state index in [1.807, 2.05) is 24.3 Å². The number of anilines is 1. The number of hydrogen-bond donors (Lipinski definition) is 1. The number of benzene rings is 2. The van der Waals surface area contributed by atoms with Crippen LogP contribution in [0.15, 0.2) is 42.5 Å². The van der Waals surface area contributed by atoms with E-state index in [1.165, 1.54) is 17.5 Å². The van der Waals surface area contributed by atoms with Crippen LogP contribution >= 0.6 is 0 Å². The van der Waals surface area contributed by atoms with Crippen molar-refractivity contribution in [3.63, 3.8) is 0 Å². The zero-order valence-corrected chi connectivity index (χ0v) is 12.6. The Kier molecular flexibility index (Phi) is 4.00. The molecular formula is C18H21NO2. The maximum absolute atomic E-state index is 5.43. The summed E-state index contributed by atoms with van der Waals surface area (Å²) in [5, 5.41) is 3.63. The number of hydrogen-bond acceptors (Lipinski definition) is 3. The molecule has 0 saturated carbocycles. The van der Waals surface area contributed by atoms with E-state index in [0.717, 1.165) is 30.0 Å². The molecular weight excluding hydrogens is 262 g/mol. The highest BCUT2D eigenvalue weighted by molar-refractivity contribution is 5.58. The number of nitrogens with one attached hydrogen (secondary N) is 1. The molecule has 1 aliphatic rings. The van der Waals surface area contributed by atoms with Crippen LogP contribution in [0.1, 0.15) is 30.0 Å². The molecule has 0 bridgehead atoms. The molecule has 0 amide bonds. The van der Waals surface area contributed by atoms with E-state index in [1.54, 1.807) is 14.2 Å². The van der Waals surface area contributed by atoms with Gasteiger partial charge in [-0.25, -0.2) is 0 Å². The van der Waals surface area contributed by atoms with Gasteiger partial charge in [-0.05, 0) is 54.7 Å². The van der Waals surface area contributed by atoms with Crippen LogP contribution in [0.3, 0.4) is 0 Å². The number of para-hydroxylation sites is 2. The lowest BCUT2D eigenvalue weighted by molar-refractivity contribution is 0.412. The largest absolute Gasteiger partial charge is 0.497 e. The predicted molar refractivity (Wildman–Crippen MR) is 85.3 cm³/mol. The van der Waals surface area contributed by atoms with Gasteiger partial charge in [0.15, 0.2) is 0 Å². The molecule has 0 fully saturated rings. The Labute approximate surface area is 125 Å². The first-order chi connectivity index (χ1) is 10.3. The molecule has 21 heavy (non-hydrogen) atoms. The number of rotatable bonds is 4. The van der Waals surface area contributed by atoms with Gasteiger partial charge in [-0.3, -0.25) is 0 Å². The minimum absolute atomic E-state index is 0.306. The highest BCUT2D eigenvalue weighted by atomic mass is 16.5. The van der Waals surface area contributed by atoms with Crippen LogP contribution in [0.4, 0.5) is 5.69 Å². The summed E-state index contributed by atoms with van der Waals surface area (Å²) in [6.07, 6.45) is 3.47. The highest BCUT2D eigenvalue weighted by Crippen LogP contribution is 2.36. The van der Waals surface area contributed by atoms with E-state index < -0.39 is 0 Å². The van der Waals surface area contributed by atoms with Crippen molar-refractivity contribution in [1.29, 1.82) is 0 Å². The lowest BCUT2D eigenvalue weighted by Crippen LogP contribution is -2.17. The fraction of sp³-hybridized carbons (Fsp3) is 0.333. The lowest BCUT2D eigenvalue weighted by atomic mass is 9.87. The molecule has 1 atom stereocenters. The van der Waals surface area contributed by atoms with Crippen molar-refractivity contribution in [3.8, 4) is 11.5 Å². The summed E-state index contributed by atoms with van der Waals surface area (Å²) < 4.78 is 10.8. The smallest absolute Gasteiger partial charge is 0.141 e. The molecule has 2 aromatic carbocycles. The third-order valence-electron chi connectivity index (χ3n) is 4.10. The van der Waals surface area contributed by atoms with E-state index in [-0.39, 0.29) is 0 Å². The van der Waals surface area contributed by atoms with Crippen LogP contribution in [0.5, 0.6) is 11.5 Å². The molecule has 0 radical (unpaired) electrons. The zero-order valence-electron chi connectivity index (χ0n) is 12.6. The second-order valence-electron chi connectivity index (χ2n) is 5.35. The molecule has 0 spiro atoms. The standard InChI is InChI=1S/C18H21NO2/c1-20-14-11-10-13-6-5-8-16(15(13)12-14)19-17-7-3-4-9-18(17)21-2/h3-4,7,9-12,16,19H,5-6,8H2,1-2H3. The topological polar surface area (TPSA) is 30.5 Å². The van der Waals surface area contributed by atoms with Gasteiger partial charge in [-0.15, -0.1) is 0 Å². The quantitative estimate of drug-likeness (QED) is 0.912. The van der Waals surface area contributed by atoms with Crippen LogP contribution in [-0.2, 0) is 6.42 Å². The van der Waals surface area contributed by atoms with Crippen LogP contribution in [0.2, 0.25) is 0 Å². The van der Waals surface area contributed by atoms with Crippen molar-refractivity contribution in [2.45, 2.75) is 25.3 Å². The van der Waals surface area contributed by atoms with E-state index in [2.05, 4.69) is 23.5 Å². The average Bonchev–Trinajstić information content (AvgIpc) is 2.55. The van der Waals surface area contributed by atoms with Crippen LogP contribution < -0.4 is 14.8 Å². The van der Waals surface area contributed by atoms with Crippen molar-refractivity contribution in [2.24, 2.45) is 0 Å². The van der Waals surface area contributed by atoms with Gasteiger partial charge in [0.25, 0.3) is 0 Å². The molecule has 1 unspecified atom stereocenters. The normalized spacial score (nSPS) is 17.0. The van der Waals surface area contributed by atoms with Gasteiger partial charge in [0.1, 0.15) is 11.5 Å². The van der Waals surface area contributed by atoms with E-state index in [4.69, 9.17) is 9.47 Å². The summed E-state index contributed by atoms with van der Waals surface area (Å²) >= 11 is 0. The number of ether oxygens (including phenoxy) is 2. The summed E-state index contributed by atoms with van der Waals surface area (Å²) in [7, 11) is 3.42. The van der Waals surface area contributed by atoms with Crippen LogP contribution in [0, 0.1) is 0 Å². The van der Waals surface area contributed by atoms with E-state index >= 15 is 0 Å². The Morgan fingerprint density at radius 1 is 1.05 bits per heavy atom. The van der Waals surface area contributed by atoms with Crippen molar-refractivity contribution in [1.82, 2.24) is 0 Å². The summed E-state index contributed by atoms with van der Waals surface area (Å²) in [5.41, 5.74) is 3.79. The molecule has 1 aliphatic carbocycles. The monoisotopic (exact) mass is 283 g/mol. The van der Waals surface area contributed by atoms with E-state index in [9.17, 15) is 0 Å². The second-order valence-corrected chi connectivity index (χ2v) is 5.35. The first-order valence-corrected chi connectivity index (χ1v) is 7.38. The minimum atomic E-state index is 0.306.